The van der Waals surface area contributed by atoms with Crippen LogP contribution in [0.25, 0.3) is 0 Å². The second-order valence-corrected chi connectivity index (χ2v) is 7.24. The highest BCUT2D eigenvalue weighted by Crippen LogP contribution is 2.24. The van der Waals surface area contributed by atoms with Crippen LogP contribution in [0.2, 0.25) is 0 Å². The molecular weight excluding hydrogens is 308 g/mol. The summed E-state index contributed by atoms with van der Waals surface area (Å²) in [5.74, 6) is 0.00461. The van der Waals surface area contributed by atoms with Crippen LogP contribution in [0.5, 0.6) is 5.75 Å². The number of carbonyl (C=O) groups excluding carboxylic acids is 1. The number of nitrogens with zero attached hydrogens (tertiary/aromatic N) is 2. The van der Waals surface area contributed by atoms with Gasteiger partial charge in [0.05, 0.1) is 0 Å². The van der Waals surface area contributed by atoms with E-state index in [2.05, 4.69) is 0 Å². The Morgan fingerprint density at radius 3 is 2.17 bits per heavy atom. The van der Waals surface area contributed by atoms with Crippen LogP contribution >= 0.6 is 0 Å². The number of amides is 2. The quantitative estimate of drug-likeness (QED) is 0.887. The molecule has 0 saturated carbocycles. The molecule has 2 N–H and O–H groups in total. The maximum Gasteiger partial charge on any atom is 0.408 e. The van der Waals surface area contributed by atoms with Gasteiger partial charge in [-0.3, -0.25) is 9.69 Å². The third kappa shape index (κ3) is 4.19. The van der Waals surface area contributed by atoms with Gasteiger partial charge in [0, 0.05) is 25.0 Å². The molecule has 1 fully saturated rings. The second-order valence-electron chi connectivity index (χ2n) is 7.24. The fourth-order valence-corrected chi connectivity index (χ4v) is 3.18. The molecule has 1 saturated heterocycles. The Kier molecular flexibility index (Phi) is 5.36. The van der Waals surface area contributed by atoms with Gasteiger partial charge < -0.3 is 15.1 Å². The first-order valence-electron chi connectivity index (χ1n) is 8.29. The van der Waals surface area contributed by atoms with Crippen LogP contribution in [0.4, 0.5) is 4.79 Å². The van der Waals surface area contributed by atoms with Gasteiger partial charge in [0.15, 0.2) is 0 Å². The minimum absolute atomic E-state index is 0.141. The highest BCUT2D eigenvalue weighted by Gasteiger charge is 2.39. The van der Waals surface area contributed by atoms with E-state index in [4.69, 9.17) is 0 Å². The van der Waals surface area contributed by atoms with Gasteiger partial charge in [-0.1, -0.05) is 12.1 Å². The number of benzene rings is 1. The van der Waals surface area contributed by atoms with Crippen LogP contribution in [0.1, 0.15) is 39.2 Å². The van der Waals surface area contributed by atoms with E-state index in [1.807, 2.05) is 0 Å². The number of phenolic OH excluding ortho intramolecular Hbond substituents is 1. The molecular formula is C18H26N2O4. The lowest BCUT2D eigenvalue weighted by molar-refractivity contribution is -0.137. The minimum atomic E-state index is -1.10. The molecule has 6 heteroatoms. The molecule has 0 unspecified atom stereocenters. The number of hydrogen-bond donors (Lipinski definition) is 2. The Bertz CT molecular complexity index is 586. The Morgan fingerprint density at radius 2 is 1.71 bits per heavy atom. The third-order valence-electron chi connectivity index (χ3n) is 4.31. The van der Waals surface area contributed by atoms with Crippen molar-refractivity contribution in [3.63, 3.8) is 0 Å². The molecule has 1 aliphatic heterocycles. The second kappa shape index (κ2) is 7.11. The molecule has 1 atom stereocenters. The summed E-state index contributed by atoms with van der Waals surface area (Å²) in [4.78, 5) is 27.9. The van der Waals surface area contributed by atoms with Crippen molar-refractivity contribution >= 4 is 12.0 Å². The monoisotopic (exact) mass is 334 g/mol. The average Bonchev–Trinajstić information content (AvgIpc) is 3.00. The van der Waals surface area contributed by atoms with E-state index < -0.39 is 17.7 Å². The number of likely N-dealkylation sites (tertiary alicyclic amines) is 1. The largest absolute Gasteiger partial charge is 0.508 e. The molecule has 0 aliphatic carbocycles. The van der Waals surface area contributed by atoms with Gasteiger partial charge in [-0.15, -0.1) is 0 Å². The SMILES string of the molecule is CC(C)(C)N(C(=O)O)[C@@H](Cc1ccc(O)cc1)C(=O)N1CCCC1. The van der Waals surface area contributed by atoms with Gasteiger partial charge in [0.1, 0.15) is 11.8 Å². The standard InChI is InChI=1S/C18H26N2O4/c1-18(2,3)20(17(23)24)15(16(22)19-10-4-5-11-19)12-13-6-8-14(21)9-7-13/h6-9,15,21H,4-5,10-12H2,1-3H3,(H,23,24)/t15-/m0/s1. The van der Waals surface area contributed by atoms with Gasteiger partial charge in [-0.2, -0.15) is 0 Å². The third-order valence-corrected chi connectivity index (χ3v) is 4.31. The summed E-state index contributed by atoms with van der Waals surface area (Å²) in [6.45, 7) is 6.75. The normalized spacial score (nSPS) is 16.0. The van der Waals surface area contributed by atoms with E-state index in [0.29, 0.717) is 19.5 Å². The lowest BCUT2D eigenvalue weighted by Crippen LogP contribution is -2.58. The Balaban J connectivity index is 2.33. The van der Waals surface area contributed by atoms with Crippen molar-refractivity contribution in [3.05, 3.63) is 29.8 Å². The fourth-order valence-electron chi connectivity index (χ4n) is 3.18. The highest BCUT2D eigenvalue weighted by atomic mass is 16.4. The molecule has 1 aromatic carbocycles. The summed E-state index contributed by atoms with van der Waals surface area (Å²) >= 11 is 0. The molecule has 24 heavy (non-hydrogen) atoms. The lowest BCUT2D eigenvalue weighted by Gasteiger charge is -2.40. The van der Waals surface area contributed by atoms with Crippen molar-refractivity contribution in [1.29, 1.82) is 0 Å². The number of hydrogen-bond acceptors (Lipinski definition) is 3. The van der Waals surface area contributed by atoms with Gasteiger partial charge in [-0.05, 0) is 51.3 Å². The van der Waals surface area contributed by atoms with Crippen LogP contribution in [0.3, 0.4) is 0 Å². The molecule has 132 valence electrons. The lowest BCUT2D eigenvalue weighted by atomic mass is 9.97. The van der Waals surface area contributed by atoms with Crippen molar-refractivity contribution in [2.24, 2.45) is 0 Å². The summed E-state index contributed by atoms with van der Waals surface area (Å²) in [5.41, 5.74) is 0.129. The number of carboxylic acid groups (broad SMARTS) is 1. The topological polar surface area (TPSA) is 81.1 Å². The van der Waals surface area contributed by atoms with Crippen LogP contribution in [0, 0.1) is 0 Å². The predicted molar refractivity (Wildman–Crippen MR) is 91.0 cm³/mol. The summed E-state index contributed by atoms with van der Waals surface area (Å²) in [5, 5.41) is 19.1. The van der Waals surface area contributed by atoms with E-state index in [9.17, 15) is 19.8 Å². The van der Waals surface area contributed by atoms with Gasteiger partial charge >= 0.3 is 6.09 Å². The van der Waals surface area contributed by atoms with Crippen LogP contribution < -0.4 is 0 Å². The Morgan fingerprint density at radius 1 is 1.17 bits per heavy atom. The summed E-state index contributed by atoms with van der Waals surface area (Å²) in [7, 11) is 0. The molecule has 0 bridgehead atoms. The van der Waals surface area contributed by atoms with Gasteiger partial charge in [0.2, 0.25) is 5.91 Å². The summed E-state index contributed by atoms with van der Waals surface area (Å²) < 4.78 is 0. The molecule has 1 aromatic rings. The average molecular weight is 334 g/mol. The zero-order valence-corrected chi connectivity index (χ0v) is 14.5. The first-order valence-corrected chi connectivity index (χ1v) is 8.29. The summed E-state index contributed by atoms with van der Waals surface area (Å²) in [6, 6.07) is 5.78. The first kappa shape index (κ1) is 18.1. The van der Waals surface area contributed by atoms with Crippen molar-refractivity contribution in [1.82, 2.24) is 9.80 Å². The number of carbonyl (C=O) groups is 2. The van der Waals surface area contributed by atoms with E-state index in [-0.39, 0.29) is 11.7 Å². The van der Waals surface area contributed by atoms with E-state index >= 15 is 0 Å². The van der Waals surface area contributed by atoms with E-state index in [0.717, 1.165) is 18.4 Å². The predicted octanol–water partition coefficient (Wildman–Crippen LogP) is 2.70. The fraction of sp³-hybridized carbons (Fsp3) is 0.556. The van der Waals surface area contributed by atoms with E-state index in [1.165, 1.54) is 4.90 Å². The number of phenols is 1. The van der Waals surface area contributed by atoms with Gasteiger partial charge in [-0.25, -0.2) is 4.79 Å². The molecule has 2 amide bonds. The zero-order valence-electron chi connectivity index (χ0n) is 14.5. The molecule has 2 rings (SSSR count). The zero-order chi connectivity index (χ0) is 17.9. The maximum atomic E-state index is 13.0. The summed E-state index contributed by atoms with van der Waals surface area (Å²) in [6.07, 6.45) is 1.11. The number of rotatable bonds is 4. The van der Waals surface area contributed by atoms with Crippen LogP contribution in [0.15, 0.2) is 24.3 Å². The van der Waals surface area contributed by atoms with Crippen molar-refractivity contribution < 1.29 is 19.8 Å². The van der Waals surface area contributed by atoms with Crippen molar-refractivity contribution in [3.8, 4) is 5.75 Å². The number of aromatic hydroxyl groups is 1. The molecule has 0 radical (unpaired) electrons. The van der Waals surface area contributed by atoms with Crippen molar-refractivity contribution in [2.75, 3.05) is 13.1 Å². The maximum absolute atomic E-state index is 13.0. The van der Waals surface area contributed by atoms with E-state index in [1.54, 1.807) is 49.9 Å². The Labute approximate surface area is 142 Å². The smallest absolute Gasteiger partial charge is 0.408 e. The molecule has 1 heterocycles. The van der Waals surface area contributed by atoms with Crippen LogP contribution in [-0.2, 0) is 11.2 Å². The highest BCUT2D eigenvalue weighted by molar-refractivity contribution is 5.86. The molecule has 1 aliphatic rings. The molecule has 0 spiro atoms. The van der Waals surface area contributed by atoms with Gasteiger partial charge in [0.25, 0.3) is 0 Å². The Hall–Kier alpha value is -2.24. The molecule has 6 nitrogen and oxygen atoms in total. The molecule has 0 aromatic heterocycles. The minimum Gasteiger partial charge on any atom is -0.508 e. The first-order chi connectivity index (χ1) is 11.2. The van der Waals surface area contributed by atoms with Crippen molar-refractivity contribution in [2.45, 2.75) is 51.6 Å². The van der Waals surface area contributed by atoms with Crippen LogP contribution in [-0.4, -0.2) is 56.7 Å².